The number of hydrazine groups is 1. The maximum absolute atomic E-state index is 13.6. The van der Waals surface area contributed by atoms with E-state index in [2.05, 4.69) is 4.74 Å². The van der Waals surface area contributed by atoms with Crippen molar-refractivity contribution in [1.29, 1.82) is 0 Å². The molecule has 10 heteroatoms. The van der Waals surface area contributed by atoms with E-state index < -0.39 is 36.8 Å². The molecule has 0 radical (unpaired) electrons. The van der Waals surface area contributed by atoms with Crippen LogP contribution in [0.25, 0.3) is 11.6 Å². The molecule has 0 heterocycles. The van der Waals surface area contributed by atoms with Crippen LogP contribution >= 0.6 is 0 Å². The van der Waals surface area contributed by atoms with Crippen molar-refractivity contribution in [1.82, 2.24) is 10.9 Å². The molecule has 2 N–H and O–H groups in total. The molecule has 7 nitrogen and oxygen atoms in total. The van der Waals surface area contributed by atoms with Gasteiger partial charge in [-0.3, -0.25) is 20.4 Å². The third kappa shape index (κ3) is 7.46. The molecular formula is C25H19F3N2O5. The highest BCUT2D eigenvalue weighted by Crippen LogP contribution is 2.22. The maximum atomic E-state index is 13.6. The lowest BCUT2D eigenvalue weighted by Gasteiger charge is -2.11. The number of halogens is 3. The van der Waals surface area contributed by atoms with Gasteiger partial charge in [-0.05, 0) is 41.5 Å². The summed E-state index contributed by atoms with van der Waals surface area (Å²) in [5.41, 5.74) is 4.86. The van der Waals surface area contributed by atoms with Gasteiger partial charge >= 0.3 is 12.6 Å². The van der Waals surface area contributed by atoms with Crippen molar-refractivity contribution in [2.75, 3.05) is 6.61 Å². The zero-order valence-corrected chi connectivity index (χ0v) is 18.0. The van der Waals surface area contributed by atoms with E-state index >= 15 is 0 Å². The van der Waals surface area contributed by atoms with Crippen LogP contribution in [0.1, 0.15) is 21.5 Å². The third-order valence-corrected chi connectivity index (χ3v) is 4.49. The zero-order chi connectivity index (χ0) is 25.2. The molecule has 0 fully saturated rings. The molecule has 0 aromatic heterocycles. The van der Waals surface area contributed by atoms with Gasteiger partial charge < -0.3 is 9.47 Å². The quantitative estimate of drug-likeness (QED) is 0.218. The highest BCUT2D eigenvalue weighted by atomic mass is 19.3. The Bertz CT molecular complexity index is 1220. The standard InChI is InChI=1S/C25H19F3N2O5/c26-21-9-5-4-8-19(21)23(32)30-29-22(31)15-34-24(33)20(17-6-2-1-3-7-17)14-16-10-12-18(13-11-16)35-25(27)28/h1-14,25H,15H2,(H,29,31)(H,30,32). The predicted octanol–water partition coefficient (Wildman–Crippen LogP) is 3.97. The van der Waals surface area contributed by atoms with Crippen LogP contribution in [0.5, 0.6) is 5.75 Å². The van der Waals surface area contributed by atoms with Crippen LogP contribution in [0, 0.1) is 5.82 Å². The number of benzene rings is 3. The third-order valence-electron chi connectivity index (χ3n) is 4.49. The van der Waals surface area contributed by atoms with Crippen LogP contribution in [-0.2, 0) is 14.3 Å². The van der Waals surface area contributed by atoms with Crippen LogP contribution in [0.15, 0.2) is 78.9 Å². The van der Waals surface area contributed by atoms with E-state index in [9.17, 15) is 27.6 Å². The van der Waals surface area contributed by atoms with Crippen molar-refractivity contribution >= 4 is 29.4 Å². The van der Waals surface area contributed by atoms with Gasteiger partial charge in [-0.15, -0.1) is 0 Å². The first-order chi connectivity index (χ1) is 16.8. The summed E-state index contributed by atoms with van der Waals surface area (Å²) in [5.74, 6) is -3.40. The van der Waals surface area contributed by atoms with Gasteiger partial charge in [0.1, 0.15) is 11.6 Å². The van der Waals surface area contributed by atoms with Crippen molar-refractivity contribution in [3.05, 3.63) is 101 Å². The molecule has 0 saturated heterocycles. The minimum absolute atomic E-state index is 0.0462. The molecule has 3 aromatic rings. The van der Waals surface area contributed by atoms with Gasteiger partial charge in [0, 0.05) is 0 Å². The van der Waals surface area contributed by atoms with Crippen LogP contribution in [0.4, 0.5) is 13.2 Å². The first-order valence-corrected chi connectivity index (χ1v) is 10.2. The minimum atomic E-state index is -2.96. The first kappa shape index (κ1) is 25.0. The van der Waals surface area contributed by atoms with Crippen molar-refractivity contribution in [2.24, 2.45) is 0 Å². The van der Waals surface area contributed by atoms with Crippen molar-refractivity contribution in [3.8, 4) is 5.75 Å². The molecule has 180 valence electrons. The number of alkyl halides is 2. The summed E-state index contributed by atoms with van der Waals surface area (Å²) in [6.07, 6.45) is 1.46. The van der Waals surface area contributed by atoms with Gasteiger partial charge in [-0.25, -0.2) is 9.18 Å². The molecule has 0 aliphatic heterocycles. The van der Waals surface area contributed by atoms with Crippen LogP contribution in [-0.4, -0.2) is 31.0 Å². The number of esters is 1. The first-order valence-electron chi connectivity index (χ1n) is 10.2. The Hall–Kier alpha value is -4.60. The number of amides is 2. The van der Waals surface area contributed by atoms with Gasteiger partial charge in [0.15, 0.2) is 6.61 Å². The van der Waals surface area contributed by atoms with Gasteiger partial charge in [0.2, 0.25) is 0 Å². The second kappa shape index (κ2) is 12.0. The summed E-state index contributed by atoms with van der Waals surface area (Å²) in [6, 6.07) is 19.2. The number of rotatable bonds is 8. The van der Waals surface area contributed by atoms with Crippen molar-refractivity contribution < 1.29 is 37.0 Å². The normalized spacial score (nSPS) is 11.0. The van der Waals surface area contributed by atoms with Crippen LogP contribution < -0.4 is 15.6 Å². The molecule has 2 amide bonds. The monoisotopic (exact) mass is 484 g/mol. The summed E-state index contributed by atoms with van der Waals surface area (Å²) < 4.78 is 47.7. The SMILES string of the molecule is O=C(COC(=O)C(=Cc1ccc(OC(F)F)cc1)c1ccccc1)NNC(=O)c1ccccc1F. The number of nitrogens with one attached hydrogen (secondary N) is 2. The fourth-order valence-corrected chi connectivity index (χ4v) is 2.87. The Balaban J connectivity index is 1.65. The summed E-state index contributed by atoms with van der Waals surface area (Å²) >= 11 is 0. The maximum Gasteiger partial charge on any atom is 0.387 e. The molecule has 35 heavy (non-hydrogen) atoms. The van der Waals surface area contributed by atoms with Gasteiger partial charge in [-0.2, -0.15) is 8.78 Å². The molecule has 0 atom stereocenters. The molecule has 0 aliphatic rings. The summed E-state index contributed by atoms with van der Waals surface area (Å²) in [4.78, 5) is 36.7. The zero-order valence-electron chi connectivity index (χ0n) is 18.0. The Labute approximate surface area is 198 Å². The lowest BCUT2D eigenvalue weighted by Crippen LogP contribution is -2.43. The van der Waals surface area contributed by atoms with Crippen LogP contribution in [0.2, 0.25) is 0 Å². The van der Waals surface area contributed by atoms with Crippen molar-refractivity contribution in [3.63, 3.8) is 0 Å². The lowest BCUT2D eigenvalue weighted by atomic mass is 10.0. The Morgan fingerprint density at radius 2 is 1.51 bits per heavy atom. The predicted molar refractivity (Wildman–Crippen MR) is 120 cm³/mol. The Morgan fingerprint density at radius 3 is 2.17 bits per heavy atom. The number of hydrogen-bond donors (Lipinski definition) is 2. The summed E-state index contributed by atoms with van der Waals surface area (Å²) in [5, 5.41) is 0. The van der Waals surface area contributed by atoms with E-state index in [0.29, 0.717) is 11.1 Å². The largest absolute Gasteiger partial charge is 0.452 e. The minimum Gasteiger partial charge on any atom is -0.452 e. The molecule has 0 bridgehead atoms. The molecule has 0 aliphatic carbocycles. The average Bonchev–Trinajstić information content (AvgIpc) is 2.86. The molecule has 0 spiro atoms. The van der Waals surface area contributed by atoms with Crippen molar-refractivity contribution in [2.45, 2.75) is 6.61 Å². The smallest absolute Gasteiger partial charge is 0.387 e. The molecule has 3 aromatic carbocycles. The topological polar surface area (TPSA) is 93.7 Å². The Kier molecular flexibility index (Phi) is 8.60. The molecule has 0 unspecified atom stereocenters. The fourth-order valence-electron chi connectivity index (χ4n) is 2.87. The van der Waals surface area contributed by atoms with Gasteiger partial charge in [0.05, 0.1) is 11.1 Å². The summed E-state index contributed by atoms with van der Waals surface area (Å²) in [6.45, 7) is -3.70. The number of ether oxygens (including phenoxy) is 2. The van der Waals surface area contributed by atoms with Crippen LogP contribution in [0.3, 0.4) is 0 Å². The van der Waals surface area contributed by atoms with E-state index in [4.69, 9.17) is 4.74 Å². The van der Waals surface area contributed by atoms with Gasteiger partial charge in [-0.1, -0.05) is 54.6 Å². The lowest BCUT2D eigenvalue weighted by molar-refractivity contribution is -0.143. The van der Waals surface area contributed by atoms with E-state index in [1.54, 1.807) is 30.3 Å². The summed E-state index contributed by atoms with van der Waals surface area (Å²) in [7, 11) is 0. The van der Waals surface area contributed by atoms with E-state index in [1.165, 1.54) is 48.5 Å². The average molecular weight is 484 g/mol. The molecular weight excluding hydrogens is 465 g/mol. The second-order valence-electron chi connectivity index (χ2n) is 6.93. The van der Waals surface area contributed by atoms with E-state index in [-0.39, 0.29) is 16.9 Å². The highest BCUT2D eigenvalue weighted by molar-refractivity contribution is 6.21. The number of hydrogen-bond acceptors (Lipinski definition) is 5. The highest BCUT2D eigenvalue weighted by Gasteiger charge is 2.17. The van der Waals surface area contributed by atoms with E-state index in [1.807, 2.05) is 10.9 Å². The number of carbonyl (C=O) groups is 3. The second-order valence-corrected chi connectivity index (χ2v) is 6.93. The molecule has 3 rings (SSSR count). The molecule has 0 saturated carbocycles. The van der Waals surface area contributed by atoms with E-state index in [0.717, 1.165) is 6.07 Å². The fraction of sp³-hybridized carbons (Fsp3) is 0.0800. The number of carbonyl (C=O) groups excluding carboxylic acids is 3. The van der Waals surface area contributed by atoms with Gasteiger partial charge in [0.25, 0.3) is 11.8 Å². The Morgan fingerprint density at radius 1 is 0.857 bits per heavy atom.